The molecule has 0 saturated heterocycles. The number of aryl methyl sites for hydroxylation is 1. The first-order chi connectivity index (χ1) is 8.58. The summed E-state index contributed by atoms with van der Waals surface area (Å²) < 4.78 is 0. The molecule has 0 aliphatic heterocycles. The lowest BCUT2D eigenvalue weighted by molar-refractivity contribution is 0.0958. The predicted molar refractivity (Wildman–Crippen MR) is 73.6 cm³/mol. The molecule has 0 unspecified atom stereocenters. The fourth-order valence-corrected chi connectivity index (χ4v) is 1.82. The van der Waals surface area contributed by atoms with Gasteiger partial charge in [0.25, 0.3) is 5.91 Å². The van der Waals surface area contributed by atoms with Crippen molar-refractivity contribution in [1.82, 2.24) is 10.3 Å². The van der Waals surface area contributed by atoms with Crippen molar-refractivity contribution in [3.05, 3.63) is 53.7 Å². The molecule has 0 bridgehead atoms. The summed E-state index contributed by atoms with van der Waals surface area (Å²) in [6.07, 6.45) is 0. The summed E-state index contributed by atoms with van der Waals surface area (Å²) in [7, 11) is 0. The van der Waals surface area contributed by atoms with E-state index in [0.29, 0.717) is 12.1 Å². The van der Waals surface area contributed by atoms with Gasteiger partial charge in [-0.15, -0.1) is 0 Å². The first kappa shape index (κ1) is 12.3. The summed E-state index contributed by atoms with van der Waals surface area (Å²) in [5.41, 5.74) is 3.28. The number of para-hydroxylation sites is 1. The molecule has 1 N–H and O–H groups in total. The van der Waals surface area contributed by atoms with Crippen molar-refractivity contribution >= 4 is 16.8 Å². The number of nitrogens with zero attached hydrogens (tertiary/aromatic N) is 1. The van der Waals surface area contributed by atoms with Gasteiger partial charge in [0.1, 0.15) is 0 Å². The van der Waals surface area contributed by atoms with Crippen LogP contribution < -0.4 is 5.32 Å². The molecule has 0 atom stereocenters. The lowest BCUT2D eigenvalue weighted by Crippen LogP contribution is -2.25. The van der Waals surface area contributed by atoms with Gasteiger partial charge < -0.3 is 5.32 Å². The van der Waals surface area contributed by atoms with Crippen molar-refractivity contribution in [2.45, 2.75) is 13.8 Å². The van der Waals surface area contributed by atoms with Crippen LogP contribution in [0.5, 0.6) is 0 Å². The average molecular weight is 240 g/mol. The first-order valence-corrected chi connectivity index (χ1v) is 5.87. The normalized spacial score (nSPS) is 10.3. The van der Waals surface area contributed by atoms with Crippen molar-refractivity contribution in [3.8, 4) is 0 Å². The first-order valence-electron chi connectivity index (χ1n) is 5.87. The van der Waals surface area contributed by atoms with Crippen LogP contribution in [0, 0.1) is 6.92 Å². The van der Waals surface area contributed by atoms with E-state index in [1.165, 1.54) is 0 Å². The molecule has 1 amide bonds. The van der Waals surface area contributed by atoms with Crippen molar-refractivity contribution in [2.24, 2.45) is 0 Å². The van der Waals surface area contributed by atoms with E-state index in [2.05, 4.69) is 16.9 Å². The van der Waals surface area contributed by atoms with E-state index in [1.54, 1.807) is 0 Å². The Kier molecular flexibility index (Phi) is 3.42. The van der Waals surface area contributed by atoms with Gasteiger partial charge in [0.15, 0.2) is 0 Å². The second-order valence-electron chi connectivity index (χ2n) is 4.47. The summed E-state index contributed by atoms with van der Waals surface area (Å²) >= 11 is 0. The van der Waals surface area contributed by atoms with Gasteiger partial charge in [-0.25, -0.2) is 0 Å². The van der Waals surface area contributed by atoms with Crippen LogP contribution in [0.4, 0.5) is 0 Å². The second-order valence-corrected chi connectivity index (χ2v) is 4.47. The third-order valence-corrected chi connectivity index (χ3v) is 2.64. The Morgan fingerprint density at radius 3 is 2.83 bits per heavy atom. The largest absolute Gasteiger partial charge is 0.348 e. The third-order valence-electron chi connectivity index (χ3n) is 2.64. The number of fused-ring (bicyclic) bond motifs is 1. The molecule has 1 aromatic heterocycles. The lowest BCUT2D eigenvalue weighted by atomic mass is 10.1. The number of carbonyl (C=O) groups is 1. The molecule has 18 heavy (non-hydrogen) atoms. The Morgan fingerprint density at radius 2 is 2.11 bits per heavy atom. The molecule has 0 saturated carbocycles. The SMILES string of the molecule is C=C(C)CNC(=O)c1cc(C)nc2ccccc12. The number of nitrogens with one attached hydrogen (secondary N) is 1. The molecule has 0 aliphatic rings. The van der Waals surface area contributed by atoms with Gasteiger partial charge in [0.2, 0.25) is 0 Å². The van der Waals surface area contributed by atoms with Crippen LogP contribution >= 0.6 is 0 Å². The van der Waals surface area contributed by atoms with Gasteiger partial charge in [-0.2, -0.15) is 0 Å². The molecule has 1 aromatic carbocycles. The van der Waals surface area contributed by atoms with Crippen LogP contribution in [0.2, 0.25) is 0 Å². The predicted octanol–water partition coefficient (Wildman–Crippen LogP) is 2.85. The van der Waals surface area contributed by atoms with Gasteiger partial charge in [0.05, 0.1) is 11.1 Å². The number of hydrogen-bond donors (Lipinski definition) is 1. The Bertz CT molecular complexity index is 617. The highest BCUT2D eigenvalue weighted by molar-refractivity contribution is 6.06. The van der Waals surface area contributed by atoms with Crippen molar-refractivity contribution < 1.29 is 4.79 Å². The minimum absolute atomic E-state index is 0.0836. The maximum atomic E-state index is 12.1. The van der Waals surface area contributed by atoms with E-state index in [1.807, 2.05) is 44.2 Å². The Morgan fingerprint density at radius 1 is 1.39 bits per heavy atom. The number of amides is 1. The van der Waals surface area contributed by atoms with E-state index in [4.69, 9.17) is 0 Å². The monoisotopic (exact) mass is 240 g/mol. The molecular weight excluding hydrogens is 224 g/mol. The van der Waals surface area contributed by atoms with Crippen molar-refractivity contribution in [2.75, 3.05) is 6.54 Å². The highest BCUT2D eigenvalue weighted by Gasteiger charge is 2.10. The number of carbonyl (C=O) groups excluding carboxylic acids is 1. The number of aromatic nitrogens is 1. The van der Waals surface area contributed by atoms with Gasteiger partial charge in [0, 0.05) is 17.6 Å². The van der Waals surface area contributed by atoms with Crippen LogP contribution in [0.15, 0.2) is 42.5 Å². The Labute approximate surface area is 107 Å². The van der Waals surface area contributed by atoms with E-state index < -0.39 is 0 Å². The molecule has 3 nitrogen and oxygen atoms in total. The van der Waals surface area contributed by atoms with Gasteiger partial charge in [-0.05, 0) is 26.0 Å². The van der Waals surface area contributed by atoms with Crippen LogP contribution in [-0.2, 0) is 0 Å². The molecule has 0 spiro atoms. The van der Waals surface area contributed by atoms with Gasteiger partial charge in [-0.3, -0.25) is 9.78 Å². The minimum Gasteiger partial charge on any atom is -0.348 e. The molecular formula is C15H16N2O. The quantitative estimate of drug-likeness (QED) is 0.838. The van der Waals surface area contributed by atoms with Crippen LogP contribution in [0.1, 0.15) is 23.0 Å². The molecule has 3 heteroatoms. The molecule has 2 aromatic rings. The van der Waals surface area contributed by atoms with Crippen LogP contribution in [0.3, 0.4) is 0 Å². The third kappa shape index (κ3) is 2.56. The fourth-order valence-electron chi connectivity index (χ4n) is 1.82. The van der Waals surface area contributed by atoms with Gasteiger partial charge in [-0.1, -0.05) is 30.4 Å². The molecule has 1 heterocycles. The maximum absolute atomic E-state index is 12.1. The van der Waals surface area contributed by atoms with Crippen molar-refractivity contribution in [1.29, 1.82) is 0 Å². The molecule has 0 fully saturated rings. The zero-order valence-electron chi connectivity index (χ0n) is 10.7. The van der Waals surface area contributed by atoms with E-state index in [0.717, 1.165) is 22.2 Å². The highest BCUT2D eigenvalue weighted by Crippen LogP contribution is 2.18. The van der Waals surface area contributed by atoms with Gasteiger partial charge >= 0.3 is 0 Å². The molecule has 92 valence electrons. The topological polar surface area (TPSA) is 42.0 Å². The number of pyridine rings is 1. The standard InChI is InChI=1S/C15H16N2O/c1-10(2)9-16-15(18)13-8-11(3)17-14-7-5-4-6-12(13)14/h4-8H,1,9H2,2-3H3,(H,16,18). The Hall–Kier alpha value is -2.16. The Balaban J connectivity index is 2.43. The fraction of sp³-hybridized carbons (Fsp3) is 0.200. The zero-order chi connectivity index (χ0) is 13.1. The molecule has 0 radical (unpaired) electrons. The lowest BCUT2D eigenvalue weighted by Gasteiger charge is -2.08. The minimum atomic E-state index is -0.0836. The highest BCUT2D eigenvalue weighted by atomic mass is 16.1. The smallest absolute Gasteiger partial charge is 0.252 e. The van der Waals surface area contributed by atoms with Crippen LogP contribution in [0.25, 0.3) is 10.9 Å². The summed E-state index contributed by atoms with van der Waals surface area (Å²) in [6, 6.07) is 9.48. The van der Waals surface area contributed by atoms with E-state index in [9.17, 15) is 4.79 Å². The molecule has 2 rings (SSSR count). The van der Waals surface area contributed by atoms with E-state index in [-0.39, 0.29) is 5.91 Å². The number of rotatable bonds is 3. The summed E-state index contributed by atoms with van der Waals surface area (Å²) in [4.78, 5) is 16.6. The second kappa shape index (κ2) is 5.00. The van der Waals surface area contributed by atoms with Crippen molar-refractivity contribution in [3.63, 3.8) is 0 Å². The number of hydrogen-bond acceptors (Lipinski definition) is 2. The summed E-state index contributed by atoms with van der Waals surface area (Å²) in [5.74, 6) is -0.0836. The summed E-state index contributed by atoms with van der Waals surface area (Å²) in [6.45, 7) is 8.04. The summed E-state index contributed by atoms with van der Waals surface area (Å²) in [5, 5.41) is 3.73. The maximum Gasteiger partial charge on any atom is 0.252 e. The van der Waals surface area contributed by atoms with Crippen LogP contribution in [-0.4, -0.2) is 17.4 Å². The average Bonchev–Trinajstić information content (AvgIpc) is 2.34. The zero-order valence-corrected chi connectivity index (χ0v) is 10.7. The number of benzene rings is 1. The van der Waals surface area contributed by atoms with E-state index >= 15 is 0 Å². The molecule has 0 aliphatic carbocycles.